The molecule has 2 saturated carbocycles. The average molecular weight is 396 g/mol. The van der Waals surface area contributed by atoms with Crippen molar-refractivity contribution in [1.82, 2.24) is 14.9 Å². The van der Waals surface area contributed by atoms with E-state index < -0.39 is 0 Å². The fourth-order valence-electron chi connectivity index (χ4n) is 7.29. The minimum Gasteiger partial charge on any atom is -0.393 e. The molecule has 2 N–H and O–H groups in total. The number of hydrogen-bond acceptors (Lipinski definition) is 3. The molecule has 1 heterocycles. The lowest BCUT2D eigenvalue weighted by Gasteiger charge is -2.57. The molecule has 3 unspecified atom stereocenters. The number of aliphatic hydroxyl groups is 1. The molecule has 0 bridgehead atoms. The molecule has 156 valence electrons. The highest BCUT2D eigenvalue weighted by Gasteiger charge is 2.57. The summed E-state index contributed by atoms with van der Waals surface area (Å²) in [7, 11) is 1.64. The molecule has 5 heteroatoms. The van der Waals surface area contributed by atoms with E-state index in [1.807, 2.05) is 6.20 Å². The Kier molecular flexibility index (Phi) is 4.32. The molecule has 0 saturated heterocycles. The lowest BCUT2D eigenvalue weighted by molar-refractivity contribution is -0.0249. The van der Waals surface area contributed by atoms with Crippen LogP contribution in [0.2, 0.25) is 0 Å². The van der Waals surface area contributed by atoms with Crippen LogP contribution in [0.25, 0.3) is 5.70 Å². The molecular weight excluding hydrogens is 362 g/mol. The first-order valence-corrected chi connectivity index (χ1v) is 11.2. The molecule has 0 aliphatic heterocycles. The molecule has 5 rings (SSSR count). The molecule has 29 heavy (non-hydrogen) atoms. The third-order valence-corrected chi connectivity index (χ3v) is 8.94. The summed E-state index contributed by atoms with van der Waals surface area (Å²) in [6.07, 6.45) is 16.1. The molecule has 2 fully saturated rings. The van der Waals surface area contributed by atoms with Gasteiger partial charge in [-0.1, -0.05) is 31.6 Å². The second-order valence-electron chi connectivity index (χ2n) is 10.2. The van der Waals surface area contributed by atoms with Gasteiger partial charge in [-0.05, 0) is 68.1 Å². The first-order chi connectivity index (χ1) is 13.9. The summed E-state index contributed by atoms with van der Waals surface area (Å²) in [6, 6.07) is 0. The van der Waals surface area contributed by atoms with Crippen LogP contribution in [0.1, 0.15) is 69.3 Å². The maximum absolute atomic E-state index is 12.0. The quantitative estimate of drug-likeness (QED) is 0.744. The van der Waals surface area contributed by atoms with Gasteiger partial charge in [-0.15, -0.1) is 0 Å². The second-order valence-corrected chi connectivity index (χ2v) is 10.2. The van der Waals surface area contributed by atoms with Crippen LogP contribution in [0.3, 0.4) is 0 Å². The maximum atomic E-state index is 12.0. The van der Waals surface area contributed by atoms with Crippen molar-refractivity contribution < 1.29 is 9.90 Å². The first-order valence-electron chi connectivity index (χ1n) is 11.2. The van der Waals surface area contributed by atoms with Gasteiger partial charge in [-0.25, -0.2) is 4.98 Å². The van der Waals surface area contributed by atoms with E-state index in [0.29, 0.717) is 17.5 Å². The Morgan fingerprint density at radius 1 is 1.17 bits per heavy atom. The molecule has 4 aliphatic rings. The number of carbonyl (C=O) groups is 1. The summed E-state index contributed by atoms with van der Waals surface area (Å²) in [5.41, 5.74) is 3.73. The van der Waals surface area contributed by atoms with E-state index in [9.17, 15) is 9.90 Å². The van der Waals surface area contributed by atoms with Gasteiger partial charge < -0.3 is 15.0 Å². The molecule has 0 aromatic carbocycles. The minimum atomic E-state index is -0.143. The van der Waals surface area contributed by atoms with Crippen LogP contribution >= 0.6 is 0 Å². The number of allylic oxidation sites excluding steroid dienone is 3. The van der Waals surface area contributed by atoms with Crippen molar-refractivity contribution in [2.75, 3.05) is 7.05 Å². The van der Waals surface area contributed by atoms with E-state index >= 15 is 0 Å². The van der Waals surface area contributed by atoms with Crippen LogP contribution in [0, 0.1) is 28.6 Å². The molecular formula is C24H33N3O2. The monoisotopic (exact) mass is 395 g/mol. The topological polar surface area (TPSA) is 67.2 Å². The lowest BCUT2D eigenvalue weighted by Crippen LogP contribution is -2.50. The highest BCUT2D eigenvalue weighted by atomic mass is 16.3. The molecule has 1 aromatic rings. The highest BCUT2D eigenvalue weighted by Crippen LogP contribution is 2.65. The summed E-state index contributed by atoms with van der Waals surface area (Å²) in [5, 5.41) is 12.8. The van der Waals surface area contributed by atoms with Gasteiger partial charge >= 0.3 is 0 Å². The predicted octanol–water partition coefficient (Wildman–Crippen LogP) is 4.02. The Morgan fingerprint density at radius 3 is 2.76 bits per heavy atom. The van der Waals surface area contributed by atoms with Crippen molar-refractivity contribution in [2.24, 2.45) is 28.6 Å². The largest absolute Gasteiger partial charge is 0.393 e. The van der Waals surface area contributed by atoms with Crippen molar-refractivity contribution >= 4 is 11.6 Å². The third-order valence-electron chi connectivity index (χ3n) is 8.94. The number of aliphatic hydroxyl groups excluding tert-OH is 1. The summed E-state index contributed by atoms with van der Waals surface area (Å²) in [5.74, 6) is 1.94. The lowest BCUT2D eigenvalue weighted by atomic mass is 9.48. The second kappa shape index (κ2) is 6.56. The average Bonchev–Trinajstić information content (AvgIpc) is 3.32. The van der Waals surface area contributed by atoms with Gasteiger partial charge in [0.1, 0.15) is 5.69 Å². The molecule has 5 nitrogen and oxygen atoms in total. The number of nitrogens with one attached hydrogen (secondary N) is 1. The smallest absolute Gasteiger partial charge is 0.271 e. The zero-order valence-corrected chi connectivity index (χ0v) is 17.8. The number of rotatable bonds is 2. The van der Waals surface area contributed by atoms with Crippen molar-refractivity contribution in [1.29, 1.82) is 0 Å². The van der Waals surface area contributed by atoms with Gasteiger partial charge in [-0.2, -0.15) is 0 Å². The zero-order chi connectivity index (χ0) is 20.4. The summed E-state index contributed by atoms with van der Waals surface area (Å²) in [6.45, 7) is 4.90. The van der Waals surface area contributed by atoms with Crippen LogP contribution in [0.4, 0.5) is 0 Å². The first kappa shape index (κ1) is 19.1. The Morgan fingerprint density at radius 2 is 1.97 bits per heavy atom. The van der Waals surface area contributed by atoms with Crippen molar-refractivity contribution in [3.8, 4) is 0 Å². The van der Waals surface area contributed by atoms with E-state index in [1.165, 1.54) is 24.1 Å². The Labute approximate surface area is 173 Å². The van der Waals surface area contributed by atoms with E-state index in [4.69, 9.17) is 0 Å². The maximum Gasteiger partial charge on any atom is 0.271 e. The molecule has 1 amide bonds. The normalized spacial score (nSPS) is 41.0. The fraction of sp³-hybridized carbons (Fsp3) is 0.667. The SMILES string of the molecule is CNC(=O)c1cn(C2=CCC3C4CC=C5C[C@@H](O)CC[C@]5(C)C4CC[C@]23C)cn1. The summed E-state index contributed by atoms with van der Waals surface area (Å²) >= 11 is 0. The number of nitrogens with zero attached hydrogens (tertiary/aromatic N) is 2. The summed E-state index contributed by atoms with van der Waals surface area (Å²) < 4.78 is 2.09. The van der Waals surface area contributed by atoms with Crippen LogP contribution in [-0.4, -0.2) is 33.7 Å². The standard InChI is InChI=1S/C24H33N3O2/c1-23-10-8-16(28)12-15(23)4-5-17-18-6-7-21(24(18,2)11-9-19(17)23)27-13-20(26-14-27)22(29)25-3/h4,7,13-14,16-19,28H,5-6,8-12H2,1-3H3,(H,25,29)/t16-,17?,18?,19?,23-,24-/m0/s1. The molecule has 0 radical (unpaired) electrons. The van der Waals surface area contributed by atoms with Crippen LogP contribution in [0.15, 0.2) is 30.2 Å². The van der Waals surface area contributed by atoms with Crippen LogP contribution in [0.5, 0.6) is 0 Å². The Hall–Kier alpha value is -1.88. The number of hydrogen-bond donors (Lipinski definition) is 2. The number of aromatic nitrogens is 2. The number of fused-ring (bicyclic) bond motifs is 5. The number of carbonyl (C=O) groups excluding carboxylic acids is 1. The third kappa shape index (κ3) is 2.69. The van der Waals surface area contributed by atoms with Gasteiger partial charge in [0.05, 0.1) is 12.4 Å². The predicted molar refractivity (Wildman–Crippen MR) is 113 cm³/mol. The van der Waals surface area contributed by atoms with E-state index in [1.54, 1.807) is 13.4 Å². The van der Waals surface area contributed by atoms with E-state index in [2.05, 4.69) is 40.9 Å². The Bertz CT molecular complexity index is 900. The van der Waals surface area contributed by atoms with Crippen LogP contribution < -0.4 is 5.32 Å². The van der Waals surface area contributed by atoms with Gasteiger partial charge in [-0.3, -0.25) is 4.79 Å². The molecule has 4 aliphatic carbocycles. The van der Waals surface area contributed by atoms with Crippen LogP contribution in [-0.2, 0) is 0 Å². The van der Waals surface area contributed by atoms with Gasteiger partial charge in [0, 0.05) is 24.4 Å². The van der Waals surface area contributed by atoms with Crippen molar-refractivity contribution in [3.05, 3.63) is 35.9 Å². The van der Waals surface area contributed by atoms with E-state index in [-0.39, 0.29) is 22.8 Å². The highest BCUT2D eigenvalue weighted by molar-refractivity contribution is 5.92. The number of imidazole rings is 1. The number of amides is 1. The van der Waals surface area contributed by atoms with Gasteiger partial charge in [0.25, 0.3) is 5.91 Å². The van der Waals surface area contributed by atoms with Crippen molar-refractivity contribution in [3.63, 3.8) is 0 Å². The Balaban J connectivity index is 1.43. The minimum absolute atomic E-state index is 0.134. The van der Waals surface area contributed by atoms with Gasteiger partial charge in [0.2, 0.25) is 0 Å². The summed E-state index contributed by atoms with van der Waals surface area (Å²) in [4.78, 5) is 16.3. The van der Waals surface area contributed by atoms with Gasteiger partial charge in [0.15, 0.2) is 0 Å². The van der Waals surface area contributed by atoms with Crippen molar-refractivity contribution in [2.45, 2.75) is 64.9 Å². The van der Waals surface area contributed by atoms with E-state index in [0.717, 1.165) is 38.0 Å². The fourth-order valence-corrected chi connectivity index (χ4v) is 7.29. The molecule has 1 aromatic heterocycles. The molecule has 0 spiro atoms. The zero-order valence-electron chi connectivity index (χ0n) is 17.8. The molecule has 6 atom stereocenters.